The quantitative estimate of drug-likeness (QED) is 0.817. The highest BCUT2D eigenvalue weighted by Gasteiger charge is 2.42. The van der Waals surface area contributed by atoms with E-state index in [1.54, 1.807) is 23.9 Å². The molecular formula is C13H20N2O2S2. The second-order valence-electron chi connectivity index (χ2n) is 5.19. The van der Waals surface area contributed by atoms with Crippen LogP contribution in [0.1, 0.15) is 24.0 Å². The van der Waals surface area contributed by atoms with E-state index >= 15 is 0 Å². The van der Waals surface area contributed by atoms with Crippen LogP contribution in [0.4, 0.5) is 5.69 Å². The van der Waals surface area contributed by atoms with Crippen LogP contribution in [0.25, 0.3) is 0 Å². The molecular weight excluding hydrogens is 280 g/mol. The zero-order chi connectivity index (χ0) is 14.3. The summed E-state index contributed by atoms with van der Waals surface area (Å²) in [6.07, 6.45) is 4.16. The number of hydrogen-bond donors (Lipinski definition) is 2. The third-order valence-corrected chi connectivity index (χ3v) is 6.62. The van der Waals surface area contributed by atoms with E-state index in [4.69, 9.17) is 5.73 Å². The van der Waals surface area contributed by atoms with Crippen LogP contribution >= 0.6 is 11.8 Å². The molecule has 1 aromatic rings. The zero-order valence-electron chi connectivity index (χ0n) is 11.5. The maximum atomic E-state index is 12.3. The summed E-state index contributed by atoms with van der Waals surface area (Å²) in [5, 5.41) is 0. The molecule has 0 atom stereocenters. The molecule has 0 spiro atoms. The monoisotopic (exact) mass is 300 g/mol. The Morgan fingerprint density at radius 1 is 1.32 bits per heavy atom. The number of thioether (sulfide) groups is 1. The lowest BCUT2D eigenvalue weighted by atomic mass is 10.1. The van der Waals surface area contributed by atoms with Crippen LogP contribution in [-0.4, -0.2) is 26.0 Å². The molecule has 1 aromatic carbocycles. The molecule has 1 saturated carbocycles. The fourth-order valence-corrected chi connectivity index (χ4v) is 4.08. The van der Waals surface area contributed by atoms with Crippen molar-refractivity contribution < 1.29 is 8.42 Å². The average Bonchev–Trinajstić information content (AvgIpc) is 3.12. The van der Waals surface area contributed by atoms with Crippen molar-refractivity contribution in [2.75, 3.05) is 18.5 Å². The van der Waals surface area contributed by atoms with Crippen molar-refractivity contribution in [3.8, 4) is 0 Å². The van der Waals surface area contributed by atoms with Crippen LogP contribution in [0.2, 0.25) is 0 Å². The maximum absolute atomic E-state index is 12.3. The molecule has 1 aliphatic rings. The summed E-state index contributed by atoms with van der Waals surface area (Å²) in [6, 6.07) is 3.36. The number of aryl methyl sites for hydroxylation is 2. The topological polar surface area (TPSA) is 72.2 Å². The second kappa shape index (κ2) is 5.00. The lowest BCUT2D eigenvalue weighted by Crippen LogP contribution is -2.32. The summed E-state index contributed by atoms with van der Waals surface area (Å²) in [4.78, 5) is 0.188. The minimum atomic E-state index is -3.52. The Balaban J connectivity index is 2.22. The number of nitrogen functional groups attached to an aromatic ring is 1. The Bertz CT molecular complexity index is 593. The van der Waals surface area contributed by atoms with Crippen LogP contribution in [0.3, 0.4) is 0 Å². The number of nitrogens with one attached hydrogen (secondary N) is 1. The molecule has 0 amide bonds. The highest BCUT2D eigenvalue weighted by molar-refractivity contribution is 8.00. The Morgan fingerprint density at radius 3 is 2.42 bits per heavy atom. The van der Waals surface area contributed by atoms with Gasteiger partial charge in [0.15, 0.2) is 0 Å². The summed E-state index contributed by atoms with van der Waals surface area (Å²) >= 11 is 1.73. The molecule has 6 heteroatoms. The van der Waals surface area contributed by atoms with Gasteiger partial charge in [0.1, 0.15) is 4.90 Å². The molecule has 0 heterocycles. The number of hydrogen-bond acceptors (Lipinski definition) is 4. The molecule has 0 bridgehead atoms. The molecule has 4 nitrogen and oxygen atoms in total. The zero-order valence-corrected chi connectivity index (χ0v) is 13.1. The largest absolute Gasteiger partial charge is 0.398 e. The molecule has 1 aliphatic carbocycles. The van der Waals surface area contributed by atoms with E-state index in [1.807, 2.05) is 20.1 Å². The van der Waals surface area contributed by atoms with Crippen molar-refractivity contribution in [1.29, 1.82) is 0 Å². The van der Waals surface area contributed by atoms with Crippen molar-refractivity contribution in [2.45, 2.75) is 36.3 Å². The molecule has 106 valence electrons. The Kier molecular flexibility index (Phi) is 3.86. The highest BCUT2D eigenvalue weighted by atomic mass is 32.2. The molecule has 0 saturated heterocycles. The predicted molar refractivity (Wildman–Crippen MR) is 81.0 cm³/mol. The van der Waals surface area contributed by atoms with Gasteiger partial charge in [-0.3, -0.25) is 0 Å². The van der Waals surface area contributed by atoms with Gasteiger partial charge in [-0.1, -0.05) is 0 Å². The average molecular weight is 300 g/mol. The first-order valence-electron chi connectivity index (χ1n) is 6.21. The smallest absolute Gasteiger partial charge is 0.242 e. The van der Waals surface area contributed by atoms with Crippen molar-refractivity contribution >= 4 is 27.5 Å². The van der Waals surface area contributed by atoms with E-state index in [0.717, 1.165) is 24.0 Å². The van der Waals surface area contributed by atoms with Gasteiger partial charge in [-0.2, -0.15) is 11.8 Å². The van der Waals surface area contributed by atoms with E-state index in [2.05, 4.69) is 4.72 Å². The third kappa shape index (κ3) is 3.07. The summed E-state index contributed by atoms with van der Waals surface area (Å²) in [5.74, 6) is 0. The minimum absolute atomic E-state index is 0.0988. The van der Waals surface area contributed by atoms with Crippen LogP contribution in [0.5, 0.6) is 0 Å². The fourth-order valence-electron chi connectivity index (χ4n) is 1.94. The van der Waals surface area contributed by atoms with E-state index in [0.29, 0.717) is 12.2 Å². The first-order valence-corrected chi connectivity index (χ1v) is 8.92. The highest BCUT2D eigenvalue weighted by Crippen LogP contribution is 2.46. The second-order valence-corrected chi connectivity index (χ2v) is 8.20. The number of nitrogens with two attached hydrogens (primary N) is 1. The van der Waals surface area contributed by atoms with Crippen molar-refractivity contribution in [2.24, 2.45) is 0 Å². The molecule has 19 heavy (non-hydrogen) atoms. The number of sulfonamides is 1. The van der Waals surface area contributed by atoms with Crippen LogP contribution in [0, 0.1) is 13.8 Å². The van der Waals surface area contributed by atoms with Crippen LogP contribution in [-0.2, 0) is 10.0 Å². The van der Waals surface area contributed by atoms with E-state index in [1.165, 1.54) is 0 Å². The van der Waals surface area contributed by atoms with E-state index in [9.17, 15) is 8.42 Å². The van der Waals surface area contributed by atoms with Gasteiger partial charge in [-0.15, -0.1) is 0 Å². The summed E-state index contributed by atoms with van der Waals surface area (Å²) in [5.41, 5.74) is 8.08. The molecule has 3 N–H and O–H groups in total. The lowest BCUT2D eigenvalue weighted by Gasteiger charge is -2.15. The molecule has 1 fully saturated rings. The summed E-state index contributed by atoms with van der Waals surface area (Å²) in [6.45, 7) is 4.28. The first kappa shape index (κ1) is 14.7. The van der Waals surface area contributed by atoms with Gasteiger partial charge in [0.05, 0.1) is 5.69 Å². The Hall–Kier alpha value is -0.720. The number of benzene rings is 1. The van der Waals surface area contributed by atoms with Gasteiger partial charge in [0.2, 0.25) is 10.0 Å². The normalized spacial score (nSPS) is 17.4. The van der Waals surface area contributed by atoms with Gasteiger partial charge in [0, 0.05) is 11.3 Å². The van der Waals surface area contributed by atoms with Gasteiger partial charge in [0.25, 0.3) is 0 Å². The summed E-state index contributed by atoms with van der Waals surface area (Å²) < 4.78 is 27.4. The van der Waals surface area contributed by atoms with E-state index in [-0.39, 0.29) is 9.64 Å². The fraction of sp³-hybridized carbons (Fsp3) is 0.538. The van der Waals surface area contributed by atoms with Crippen LogP contribution < -0.4 is 10.5 Å². The molecule has 0 unspecified atom stereocenters. The Labute approximate surface area is 119 Å². The number of rotatable bonds is 5. The van der Waals surface area contributed by atoms with Gasteiger partial charge < -0.3 is 5.73 Å². The molecule has 0 aromatic heterocycles. The van der Waals surface area contributed by atoms with Gasteiger partial charge in [-0.05, 0) is 56.2 Å². The van der Waals surface area contributed by atoms with Crippen LogP contribution in [0.15, 0.2) is 17.0 Å². The van der Waals surface area contributed by atoms with Gasteiger partial charge in [-0.25, -0.2) is 13.1 Å². The SMILES string of the molecule is CSC1(CNS(=O)(=O)c2cc(C)c(C)cc2N)CC1. The lowest BCUT2D eigenvalue weighted by molar-refractivity contribution is 0.580. The molecule has 0 radical (unpaired) electrons. The van der Waals surface area contributed by atoms with Crippen molar-refractivity contribution in [1.82, 2.24) is 4.72 Å². The standard InChI is InChI=1S/C13H20N2O2S2/c1-9-6-11(14)12(7-10(9)2)19(16,17)15-8-13(18-3)4-5-13/h6-7,15H,4-5,8,14H2,1-3H3. The summed E-state index contributed by atoms with van der Waals surface area (Å²) in [7, 11) is -3.52. The van der Waals surface area contributed by atoms with E-state index < -0.39 is 10.0 Å². The first-order chi connectivity index (χ1) is 8.80. The van der Waals surface area contributed by atoms with Crippen molar-refractivity contribution in [3.63, 3.8) is 0 Å². The molecule has 2 rings (SSSR count). The predicted octanol–water partition coefficient (Wildman–Crippen LogP) is 2.06. The van der Waals surface area contributed by atoms with Crippen molar-refractivity contribution in [3.05, 3.63) is 23.3 Å². The van der Waals surface area contributed by atoms with Gasteiger partial charge >= 0.3 is 0 Å². The third-order valence-electron chi connectivity index (χ3n) is 3.74. The molecule has 0 aliphatic heterocycles. The Morgan fingerprint density at radius 2 is 1.89 bits per heavy atom. The minimum Gasteiger partial charge on any atom is -0.398 e. The number of anilines is 1. The maximum Gasteiger partial charge on any atom is 0.242 e.